The highest BCUT2D eigenvalue weighted by molar-refractivity contribution is 8.27. The average Bonchev–Trinajstić information content (AvgIpc) is 2.83. The molecule has 0 N–H and O–H groups in total. The number of hydrogen-bond donors (Lipinski definition) is 0. The summed E-state index contributed by atoms with van der Waals surface area (Å²) in [7, 11) is 0. The molecule has 1 amide bonds. The SMILES string of the molecule is CC(=O)Oc1ccc(/C=C2/SC(=S)N(c3ccccc3)C2=O)cc1. The van der Waals surface area contributed by atoms with Gasteiger partial charge < -0.3 is 4.74 Å². The van der Waals surface area contributed by atoms with Gasteiger partial charge in [0.05, 0.1) is 10.6 Å². The number of benzene rings is 2. The van der Waals surface area contributed by atoms with Crippen molar-refractivity contribution in [3.8, 4) is 5.75 Å². The van der Waals surface area contributed by atoms with Crippen LogP contribution in [0, 0.1) is 0 Å². The summed E-state index contributed by atoms with van der Waals surface area (Å²) in [4.78, 5) is 25.6. The van der Waals surface area contributed by atoms with Gasteiger partial charge in [0.1, 0.15) is 5.75 Å². The van der Waals surface area contributed by atoms with Crippen LogP contribution in [0.3, 0.4) is 0 Å². The Morgan fingerprint density at radius 2 is 1.79 bits per heavy atom. The summed E-state index contributed by atoms with van der Waals surface area (Å²) in [5.74, 6) is -0.0387. The third-order valence-corrected chi connectivity index (χ3v) is 4.55. The number of thioether (sulfide) groups is 1. The summed E-state index contributed by atoms with van der Waals surface area (Å²) < 4.78 is 5.50. The van der Waals surface area contributed by atoms with E-state index in [1.165, 1.54) is 23.6 Å². The highest BCUT2D eigenvalue weighted by atomic mass is 32.2. The summed E-state index contributed by atoms with van der Waals surface area (Å²) in [5, 5.41) is 0. The molecule has 2 aromatic rings. The number of rotatable bonds is 3. The first-order valence-corrected chi connectivity index (χ1v) is 8.38. The van der Waals surface area contributed by atoms with E-state index >= 15 is 0 Å². The third kappa shape index (κ3) is 3.55. The van der Waals surface area contributed by atoms with Gasteiger partial charge in [-0.25, -0.2) is 0 Å². The Kier molecular flexibility index (Phi) is 4.78. The molecule has 0 saturated carbocycles. The lowest BCUT2D eigenvalue weighted by atomic mass is 10.2. The summed E-state index contributed by atoms with van der Waals surface area (Å²) >= 11 is 6.60. The fourth-order valence-electron chi connectivity index (χ4n) is 2.22. The number of amides is 1. The van der Waals surface area contributed by atoms with Crippen molar-refractivity contribution in [3.05, 3.63) is 65.1 Å². The second kappa shape index (κ2) is 6.98. The van der Waals surface area contributed by atoms with Crippen LogP contribution in [0.4, 0.5) is 5.69 Å². The zero-order chi connectivity index (χ0) is 17.1. The van der Waals surface area contributed by atoms with E-state index in [1.54, 1.807) is 30.3 Å². The molecule has 4 nitrogen and oxygen atoms in total. The van der Waals surface area contributed by atoms with E-state index in [2.05, 4.69) is 0 Å². The molecule has 2 aromatic carbocycles. The van der Waals surface area contributed by atoms with Crippen LogP contribution in [-0.4, -0.2) is 16.2 Å². The summed E-state index contributed by atoms with van der Waals surface area (Å²) in [5.41, 5.74) is 1.59. The van der Waals surface area contributed by atoms with E-state index in [0.717, 1.165) is 11.3 Å². The van der Waals surface area contributed by atoms with Gasteiger partial charge in [0.2, 0.25) is 0 Å². The van der Waals surface area contributed by atoms with Crippen LogP contribution in [-0.2, 0) is 9.59 Å². The maximum atomic E-state index is 12.6. The molecule has 3 rings (SSSR count). The quantitative estimate of drug-likeness (QED) is 0.360. The van der Waals surface area contributed by atoms with Crippen molar-refractivity contribution >= 4 is 51.9 Å². The van der Waals surface area contributed by atoms with E-state index in [4.69, 9.17) is 17.0 Å². The Morgan fingerprint density at radius 3 is 2.42 bits per heavy atom. The van der Waals surface area contributed by atoms with Gasteiger partial charge in [-0.05, 0) is 35.9 Å². The van der Waals surface area contributed by atoms with Crippen LogP contribution in [0.1, 0.15) is 12.5 Å². The standard InChI is InChI=1S/C18H13NO3S2/c1-12(20)22-15-9-7-13(8-10-15)11-16-17(21)19(18(23)24-16)14-5-3-2-4-6-14/h2-11H,1H3/b16-11+. The van der Waals surface area contributed by atoms with E-state index < -0.39 is 0 Å². The summed E-state index contributed by atoms with van der Waals surface area (Å²) in [6, 6.07) is 16.3. The molecule has 24 heavy (non-hydrogen) atoms. The monoisotopic (exact) mass is 355 g/mol. The lowest BCUT2D eigenvalue weighted by Gasteiger charge is -2.13. The van der Waals surface area contributed by atoms with Crippen LogP contribution in [0.2, 0.25) is 0 Å². The van der Waals surface area contributed by atoms with E-state index in [9.17, 15) is 9.59 Å². The van der Waals surface area contributed by atoms with Gasteiger partial charge >= 0.3 is 5.97 Å². The molecule has 0 aromatic heterocycles. The lowest BCUT2D eigenvalue weighted by Crippen LogP contribution is -2.27. The Balaban J connectivity index is 1.82. The Bertz CT molecular complexity index is 829. The van der Waals surface area contributed by atoms with Gasteiger partial charge in [0, 0.05) is 6.92 Å². The number of esters is 1. The number of carbonyl (C=O) groups excluding carboxylic acids is 2. The van der Waals surface area contributed by atoms with Crippen LogP contribution in [0.5, 0.6) is 5.75 Å². The molecule has 6 heteroatoms. The Morgan fingerprint density at radius 1 is 1.12 bits per heavy atom. The van der Waals surface area contributed by atoms with Gasteiger partial charge in [-0.15, -0.1) is 0 Å². The first kappa shape index (κ1) is 16.4. The largest absolute Gasteiger partial charge is 0.427 e. The summed E-state index contributed by atoms with van der Waals surface area (Å²) in [6.07, 6.45) is 1.78. The molecule has 120 valence electrons. The molecule has 0 unspecified atom stereocenters. The van der Waals surface area contributed by atoms with Crippen LogP contribution >= 0.6 is 24.0 Å². The minimum absolute atomic E-state index is 0.139. The highest BCUT2D eigenvalue weighted by Crippen LogP contribution is 2.35. The first-order chi connectivity index (χ1) is 11.5. The van der Waals surface area contributed by atoms with Crippen LogP contribution < -0.4 is 9.64 Å². The minimum atomic E-state index is -0.369. The predicted octanol–water partition coefficient (Wildman–Crippen LogP) is 4.02. The molecular formula is C18H13NO3S2. The number of thiocarbonyl (C=S) groups is 1. The van der Waals surface area contributed by atoms with Gasteiger partial charge in [-0.2, -0.15) is 0 Å². The molecule has 1 aliphatic heterocycles. The third-order valence-electron chi connectivity index (χ3n) is 3.25. The van der Waals surface area contributed by atoms with Crippen LogP contribution in [0.25, 0.3) is 6.08 Å². The van der Waals surface area contributed by atoms with Gasteiger partial charge in [-0.3, -0.25) is 14.5 Å². The molecule has 1 fully saturated rings. The zero-order valence-electron chi connectivity index (χ0n) is 12.8. The molecule has 0 aliphatic carbocycles. The maximum absolute atomic E-state index is 12.6. The maximum Gasteiger partial charge on any atom is 0.308 e. The van der Waals surface area contributed by atoms with Crippen molar-refractivity contribution in [2.45, 2.75) is 6.92 Å². The topological polar surface area (TPSA) is 46.6 Å². The number of carbonyl (C=O) groups is 2. The highest BCUT2D eigenvalue weighted by Gasteiger charge is 2.33. The number of hydrogen-bond acceptors (Lipinski definition) is 5. The lowest BCUT2D eigenvalue weighted by molar-refractivity contribution is -0.131. The molecule has 0 radical (unpaired) electrons. The number of para-hydroxylation sites is 1. The van der Waals surface area contributed by atoms with E-state index in [-0.39, 0.29) is 11.9 Å². The van der Waals surface area contributed by atoms with Crippen molar-refractivity contribution in [3.63, 3.8) is 0 Å². The number of nitrogens with zero attached hydrogens (tertiary/aromatic N) is 1. The molecule has 1 saturated heterocycles. The molecule has 0 bridgehead atoms. The predicted molar refractivity (Wildman–Crippen MR) is 99.8 cm³/mol. The van der Waals surface area contributed by atoms with Gasteiger partial charge in [0.25, 0.3) is 5.91 Å². The fraction of sp³-hybridized carbons (Fsp3) is 0.0556. The molecular weight excluding hydrogens is 342 g/mol. The molecule has 0 spiro atoms. The van der Waals surface area contributed by atoms with Crippen LogP contribution in [0.15, 0.2) is 59.5 Å². The fourth-order valence-corrected chi connectivity index (χ4v) is 3.52. The molecule has 0 atom stereocenters. The van der Waals surface area contributed by atoms with Crippen molar-refractivity contribution in [2.75, 3.05) is 4.90 Å². The summed E-state index contributed by atoms with van der Waals surface area (Å²) in [6.45, 7) is 1.35. The normalized spacial score (nSPS) is 15.9. The Hall–Kier alpha value is -2.44. The van der Waals surface area contributed by atoms with Gasteiger partial charge in [-0.1, -0.05) is 54.3 Å². The Labute approximate surface area is 149 Å². The first-order valence-electron chi connectivity index (χ1n) is 7.16. The van der Waals surface area contributed by atoms with Crippen molar-refractivity contribution in [1.29, 1.82) is 0 Å². The minimum Gasteiger partial charge on any atom is -0.427 e. The second-order valence-corrected chi connectivity index (χ2v) is 6.69. The van der Waals surface area contributed by atoms with Crippen molar-refractivity contribution in [1.82, 2.24) is 0 Å². The van der Waals surface area contributed by atoms with Crippen molar-refractivity contribution < 1.29 is 14.3 Å². The van der Waals surface area contributed by atoms with E-state index in [1.807, 2.05) is 30.3 Å². The molecule has 1 aliphatic rings. The van der Waals surface area contributed by atoms with E-state index in [0.29, 0.717) is 15.0 Å². The number of ether oxygens (including phenoxy) is 1. The zero-order valence-corrected chi connectivity index (χ0v) is 14.4. The average molecular weight is 355 g/mol. The smallest absolute Gasteiger partial charge is 0.308 e. The number of anilines is 1. The second-order valence-electron chi connectivity index (χ2n) is 5.02. The van der Waals surface area contributed by atoms with Gasteiger partial charge in [0.15, 0.2) is 4.32 Å². The van der Waals surface area contributed by atoms with Crippen molar-refractivity contribution in [2.24, 2.45) is 0 Å². The molecule has 1 heterocycles.